The number of rotatable bonds is 3. The molecule has 0 aliphatic heterocycles. The van der Waals surface area contributed by atoms with E-state index in [-0.39, 0.29) is 5.78 Å². The average molecular weight is 176 g/mol. The van der Waals surface area contributed by atoms with Crippen molar-refractivity contribution in [3.63, 3.8) is 0 Å². The Hall–Kier alpha value is -1.15. The van der Waals surface area contributed by atoms with Crippen molar-refractivity contribution in [3.05, 3.63) is 42.8 Å². The van der Waals surface area contributed by atoms with E-state index in [1.807, 2.05) is 18.2 Å². The van der Waals surface area contributed by atoms with Gasteiger partial charge in [0.2, 0.25) is 0 Å². The van der Waals surface area contributed by atoms with E-state index in [2.05, 4.69) is 6.92 Å². The summed E-state index contributed by atoms with van der Waals surface area (Å²) < 4.78 is 0. The highest BCUT2D eigenvalue weighted by atomic mass is 16.1. The summed E-state index contributed by atoms with van der Waals surface area (Å²) in [5.74, 6) is -0.0527. The summed E-state index contributed by atoms with van der Waals surface area (Å²) in [5, 5.41) is 0. The quantitative estimate of drug-likeness (QED) is 0.714. The lowest BCUT2D eigenvalue weighted by Crippen LogP contribution is -2.44. The molecule has 0 amide bonds. The number of hydrogen-bond donors (Lipinski definition) is 1. The van der Waals surface area contributed by atoms with Gasteiger partial charge in [-0.3, -0.25) is 4.79 Å². The molecule has 13 heavy (non-hydrogen) atoms. The third kappa shape index (κ3) is 2.16. The van der Waals surface area contributed by atoms with Crippen LogP contribution in [-0.2, 0) is 0 Å². The lowest BCUT2D eigenvalue weighted by Gasteiger charge is -2.20. The van der Waals surface area contributed by atoms with Gasteiger partial charge in [-0.15, -0.1) is 0 Å². The zero-order valence-electron chi connectivity index (χ0n) is 7.79. The maximum Gasteiger partial charge on any atom is 0.182 e. The summed E-state index contributed by atoms with van der Waals surface area (Å²) in [4.78, 5) is 11.7. The van der Waals surface area contributed by atoms with Crippen LogP contribution in [0.25, 0.3) is 0 Å². The molecule has 2 heteroatoms. The molecular formula is C11H14NO. The second-order valence-corrected chi connectivity index (χ2v) is 3.36. The molecule has 1 atom stereocenters. The Morgan fingerprint density at radius 3 is 2.46 bits per heavy atom. The monoisotopic (exact) mass is 176 g/mol. The van der Waals surface area contributed by atoms with E-state index in [1.165, 1.54) is 0 Å². The number of nitrogens with two attached hydrogens (primary N) is 1. The van der Waals surface area contributed by atoms with Crippen LogP contribution >= 0.6 is 0 Å². The number of carbonyl (C=O) groups excluding carboxylic acids is 1. The van der Waals surface area contributed by atoms with Crippen LogP contribution in [0.1, 0.15) is 23.7 Å². The molecule has 1 aromatic carbocycles. The van der Waals surface area contributed by atoms with Gasteiger partial charge in [-0.2, -0.15) is 0 Å². The molecule has 0 heterocycles. The van der Waals surface area contributed by atoms with Gasteiger partial charge in [0.05, 0.1) is 5.54 Å². The van der Waals surface area contributed by atoms with Crippen LogP contribution in [0.3, 0.4) is 0 Å². The first kappa shape index (κ1) is 9.93. The number of ketones is 1. The van der Waals surface area contributed by atoms with E-state index in [1.54, 1.807) is 19.1 Å². The van der Waals surface area contributed by atoms with Crippen LogP contribution in [0.4, 0.5) is 0 Å². The van der Waals surface area contributed by atoms with E-state index in [0.29, 0.717) is 12.0 Å². The summed E-state index contributed by atoms with van der Waals surface area (Å²) in [6.07, 6.45) is 0.403. The topological polar surface area (TPSA) is 43.1 Å². The highest BCUT2D eigenvalue weighted by Crippen LogP contribution is 2.13. The summed E-state index contributed by atoms with van der Waals surface area (Å²) >= 11 is 0. The normalized spacial score (nSPS) is 15.0. The Balaban J connectivity index is 2.93. The van der Waals surface area contributed by atoms with Gasteiger partial charge in [-0.05, 0) is 13.3 Å². The molecule has 0 saturated heterocycles. The van der Waals surface area contributed by atoms with Crippen LogP contribution in [0.5, 0.6) is 0 Å². The third-order valence-corrected chi connectivity index (χ3v) is 2.07. The predicted octanol–water partition coefficient (Wildman–Crippen LogP) is 1.81. The van der Waals surface area contributed by atoms with Crippen molar-refractivity contribution in [2.75, 3.05) is 0 Å². The minimum Gasteiger partial charge on any atom is -0.319 e. The Morgan fingerprint density at radius 2 is 2.00 bits per heavy atom. The first-order valence-corrected chi connectivity index (χ1v) is 4.26. The zero-order valence-corrected chi connectivity index (χ0v) is 7.79. The molecule has 0 spiro atoms. The molecule has 69 valence electrons. The predicted molar refractivity (Wildman–Crippen MR) is 53.3 cm³/mol. The third-order valence-electron chi connectivity index (χ3n) is 2.07. The largest absolute Gasteiger partial charge is 0.319 e. The minimum atomic E-state index is -0.846. The Kier molecular flexibility index (Phi) is 2.83. The summed E-state index contributed by atoms with van der Waals surface area (Å²) in [6, 6.07) is 9.06. The molecule has 1 unspecified atom stereocenters. The van der Waals surface area contributed by atoms with Gasteiger partial charge in [0.15, 0.2) is 5.78 Å². The van der Waals surface area contributed by atoms with Crippen LogP contribution in [-0.4, -0.2) is 11.3 Å². The van der Waals surface area contributed by atoms with Gasteiger partial charge in [-0.25, -0.2) is 0 Å². The Bertz CT molecular complexity index is 290. The number of benzene rings is 1. The maximum absolute atomic E-state index is 11.7. The molecule has 2 nitrogen and oxygen atoms in total. The van der Waals surface area contributed by atoms with Gasteiger partial charge < -0.3 is 5.73 Å². The fourth-order valence-electron chi connectivity index (χ4n) is 1.03. The SMILES string of the molecule is [CH2]CC(C)(N)C(=O)c1ccccc1. The van der Waals surface area contributed by atoms with E-state index >= 15 is 0 Å². The second kappa shape index (κ2) is 3.71. The highest BCUT2D eigenvalue weighted by molar-refractivity contribution is 6.02. The number of Topliss-reactive ketones (excluding diaryl/α,β-unsaturated/α-hetero) is 1. The molecule has 0 aromatic heterocycles. The molecule has 1 aromatic rings. The molecule has 2 N–H and O–H groups in total. The van der Waals surface area contributed by atoms with Crippen molar-refractivity contribution in [2.24, 2.45) is 5.73 Å². The molecular weight excluding hydrogens is 162 g/mol. The van der Waals surface area contributed by atoms with Gasteiger partial charge in [0.25, 0.3) is 0 Å². The first-order chi connectivity index (χ1) is 6.08. The molecule has 0 fully saturated rings. The van der Waals surface area contributed by atoms with Gasteiger partial charge in [0, 0.05) is 5.56 Å². The second-order valence-electron chi connectivity index (χ2n) is 3.36. The first-order valence-electron chi connectivity index (χ1n) is 4.26. The van der Waals surface area contributed by atoms with E-state index in [0.717, 1.165) is 0 Å². The fraction of sp³-hybridized carbons (Fsp3) is 0.273. The van der Waals surface area contributed by atoms with E-state index in [4.69, 9.17) is 5.73 Å². The standard InChI is InChI=1S/C11H14NO/c1-3-11(2,12)10(13)9-7-5-4-6-8-9/h4-8H,1,3,12H2,2H3. The van der Waals surface area contributed by atoms with Crippen molar-refractivity contribution in [3.8, 4) is 0 Å². The smallest absolute Gasteiger partial charge is 0.182 e. The van der Waals surface area contributed by atoms with E-state index < -0.39 is 5.54 Å². The summed E-state index contributed by atoms with van der Waals surface area (Å²) in [5.41, 5.74) is 5.58. The van der Waals surface area contributed by atoms with Crippen LogP contribution in [0.15, 0.2) is 30.3 Å². The van der Waals surface area contributed by atoms with Gasteiger partial charge in [-0.1, -0.05) is 37.3 Å². The van der Waals surface area contributed by atoms with Crippen molar-refractivity contribution in [1.82, 2.24) is 0 Å². The van der Waals surface area contributed by atoms with Crippen LogP contribution < -0.4 is 5.73 Å². The zero-order chi connectivity index (χ0) is 9.90. The number of hydrogen-bond acceptors (Lipinski definition) is 2. The van der Waals surface area contributed by atoms with Crippen molar-refractivity contribution in [2.45, 2.75) is 18.9 Å². The Labute approximate surface area is 78.8 Å². The lowest BCUT2D eigenvalue weighted by molar-refractivity contribution is 0.0902. The average Bonchev–Trinajstić information content (AvgIpc) is 2.18. The molecule has 0 aliphatic carbocycles. The van der Waals surface area contributed by atoms with Crippen LogP contribution in [0, 0.1) is 6.92 Å². The Morgan fingerprint density at radius 1 is 1.46 bits per heavy atom. The van der Waals surface area contributed by atoms with Gasteiger partial charge in [0.1, 0.15) is 0 Å². The molecule has 0 bridgehead atoms. The molecule has 1 radical (unpaired) electrons. The van der Waals surface area contributed by atoms with Crippen molar-refractivity contribution >= 4 is 5.78 Å². The minimum absolute atomic E-state index is 0.0527. The van der Waals surface area contributed by atoms with Crippen molar-refractivity contribution < 1.29 is 4.79 Å². The van der Waals surface area contributed by atoms with Gasteiger partial charge >= 0.3 is 0 Å². The highest BCUT2D eigenvalue weighted by Gasteiger charge is 2.26. The molecule has 0 saturated carbocycles. The molecule has 1 rings (SSSR count). The van der Waals surface area contributed by atoms with Crippen LogP contribution in [0.2, 0.25) is 0 Å². The molecule has 0 aliphatic rings. The number of carbonyl (C=O) groups is 1. The van der Waals surface area contributed by atoms with Crippen molar-refractivity contribution in [1.29, 1.82) is 0 Å². The summed E-state index contributed by atoms with van der Waals surface area (Å²) in [7, 11) is 0. The summed E-state index contributed by atoms with van der Waals surface area (Å²) in [6.45, 7) is 5.36. The van der Waals surface area contributed by atoms with E-state index in [9.17, 15) is 4.79 Å². The fourth-order valence-corrected chi connectivity index (χ4v) is 1.03. The lowest BCUT2D eigenvalue weighted by atomic mass is 9.90. The maximum atomic E-state index is 11.7.